The largest absolute Gasteiger partial charge is 0.483 e. The van der Waals surface area contributed by atoms with Crippen LogP contribution in [0.3, 0.4) is 0 Å². The quantitative estimate of drug-likeness (QED) is 0.726. The predicted molar refractivity (Wildman–Crippen MR) is 117 cm³/mol. The van der Waals surface area contributed by atoms with Gasteiger partial charge in [0.1, 0.15) is 5.75 Å². The Kier molecular flexibility index (Phi) is 7.17. The Bertz CT molecular complexity index is 875. The molecule has 0 spiro atoms. The highest BCUT2D eigenvalue weighted by Gasteiger charge is 2.27. The Hall–Kier alpha value is -2.90. The Morgan fingerprint density at radius 1 is 0.839 bits per heavy atom. The summed E-state index contributed by atoms with van der Waals surface area (Å²) >= 11 is 0. The highest BCUT2D eigenvalue weighted by Crippen LogP contribution is 2.29. The summed E-state index contributed by atoms with van der Waals surface area (Å²) in [6.07, 6.45) is 0. The summed E-state index contributed by atoms with van der Waals surface area (Å²) in [4.78, 5) is 30.1. The van der Waals surface area contributed by atoms with Crippen molar-refractivity contribution in [2.75, 3.05) is 65.6 Å². The number of nitrogens with one attached hydrogen (secondary N) is 1. The molecule has 2 aromatic rings. The molecule has 2 heterocycles. The first-order valence-electron chi connectivity index (χ1n) is 10.9. The second kappa shape index (κ2) is 10.4. The average Bonchev–Trinajstić information content (AvgIpc) is 2.84. The third kappa shape index (κ3) is 5.62. The van der Waals surface area contributed by atoms with Crippen molar-refractivity contribution in [2.45, 2.75) is 0 Å². The molecule has 31 heavy (non-hydrogen) atoms. The molecule has 1 N–H and O–H groups in total. The number of hydrogen-bond acceptors (Lipinski definition) is 4. The van der Waals surface area contributed by atoms with E-state index in [-0.39, 0.29) is 18.4 Å². The number of nitrogens with zero attached hydrogens (tertiary/aromatic N) is 2. The maximum Gasteiger partial charge on any atom is 0.277 e. The molecule has 0 aromatic heterocycles. The summed E-state index contributed by atoms with van der Waals surface area (Å²) < 4.78 is 11.2. The molecule has 0 saturated carbocycles. The van der Waals surface area contributed by atoms with Gasteiger partial charge in [-0.15, -0.1) is 0 Å². The first-order valence-corrected chi connectivity index (χ1v) is 10.9. The minimum Gasteiger partial charge on any atom is -0.483 e. The number of para-hydroxylation sites is 1. The fourth-order valence-electron chi connectivity index (χ4n) is 4.07. The smallest absolute Gasteiger partial charge is 0.277 e. The fraction of sp³-hybridized carbons (Fsp3) is 0.417. The Morgan fingerprint density at radius 3 is 2.23 bits per heavy atom. The average molecular weight is 425 g/mol. The van der Waals surface area contributed by atoms with Crippen molar-refractivity contribution >= 4 is 11.8 Å². The van der Waals surface area contributed by atoms with E-state index in [2.05, 4.69) is 0 Å². The minimum absolute atomic E-state index is 0.0126. The van der Waals surface area contributed by atoms with Crippen molar-refractivity contribution in [3.8, 4) is 16.9 Å². The third-order valence-corrected chi connectivity index (χ3v) is 5.91. The first-order chi connectivity index (χ1) is 15.2. The van der Waals surface area contributed by atoms with Crippen molar-refractivity contribution < 1.29 is 24.0 Å². The molecule has 2 saturated heterocycles. The lowest BCUT2D eigenvalue weighted by molar-refractivity contribution is -0.896. The number of amides is 2. The molecular weight excluding hydrogens is 394 g/mol. The van der Waals surface area contributed by atoms with E-state index >= 15 is 0 Å². The monoisotopic (exact) mass is 424 g/mol. The number of rotatable bonds is 6. The Balaban J connectivity index is 1.25. The van der Waals surface area contributed by atoms with Gasteiger partial charge < -0.3 is 24.2 Å². The molecule has 4 rings (SSSR count). The van der Waals surface area contributed by atoms with Crippen LogP contribution in [0.2, 0.25) is 0 Å². The lowest BCUT2D eigenvalue weighted by Gasteiger charge is -2.33. The van der Waals surface area contributed by atoms with Crippen LogP contribution in [0.25, 0.3) is 11.1 Å². The molecule has 0 unspecified atom stereocenters. The minimum atomic E-state index is -0.0126. The second-order valence-corrected chi connectivity index (χ2v) is 7.95. The van der Waals surface area contributed by atoms with Gasteiger partial charge in [0.2, 0.25) is 0 Å². The third-order valence-electron chi connectivity index (χ3n) is 5.91. The van der Waals surface area contributed by atoms with Gasteiger partial charge in [0.05, 0.1) is 39.4 Å². The van der Waals surface area contributed by atoms with E-state index in [1.807, 2.05) is 64.4 Å². The van der Waals surface area contributed by atoms with Crippen LogP contribution in [0, 0.1) is 0 Å². The van der Waals surface area contributed by atoms with Crippen LogP contribution in [0.15, 0.2) is 54.6 Å². The molecule has 7 nitrogen and oxygen atoms in total. The van der Waals surface area contributed by atoms with E-state index in [0.29, 0.717) is 51.7 Å². The van der Waals surface area contributed by atoms with Crippen molar-refractivity contribution in [2.24, 2.45) is 0 Å². The number of ether oxygens (including phenoxy) is 2. The van der Waals surface area contributed by atoms with E-state index in [1.54, 1.807) is 0 Å². The van der Waals surface area contributed by atoms with Gasteiger partial charge in [-0.05, 0) is 11.6 Å². The number of piperazine rings is 1. The van der Waals surface area contributed by atoms with Gasteiger partial charge in [-0.25, -0.2) is 0 Å². The first kappa shape index (κ1) is 21.3. The summed E-state index contributed by atoms with van der Waals surface area (Å²) in [5.74, 6) is 0.878. The zero-order chi connectivity index (χ0) is 21.5. The van der Waals surface area contributed by atoms with Crippen LogP contribution in [-0.4, -0.2) is 87.2 Å². The van der Waals surface area contributed by atoms with Crippen molar-refractivity contribution in [3.05, 3.63) is 54.6 Å². The van der Waals surface area contributed by atoms with Crippen molar-refractivity contribution in [3.63, 3.8) is 0 Å². The molecule has 2 aromatic carbocycles. The maximum atomic E-state index is 12.7. The van der Waals surface area contributed by atoms with Crippen molar-refractivity contribution in [1.82, 2.24) is 9.80 Å². The Morgan fingerprint density at radius 2 is 1.48 bits per heavy atom. The lowest BCUT2D eigenvalue weighted by Crippen LogP contribution is -3.15. The van der Waals surface area contributed by atoms with Crippen LogP contribution < -0.4 is 9.64 Å². The fourth-order valence-corrected chi connectivity index (χ4v) is 4.07. The summed E-state index contributed by atoms with van der Waals surface area (Å²) in [6.45, 7) is 5.97. The molecule has 0 aliphatic carbocycles. The zero-order valence-corrected chi connectivity index (χ0v) is 17.8. The molecule has 164 valence electrons. The van der Waals surface area contributed by atoms with Crippen LogP contribution in [-0.2, 0) is 14.3 Å². The van der Waals surface area contributed by atoms with Crippen molar-refractivity contribution in [1.29, 1.82) is 0 Å². The molecular formula is C24H30N3O4+. The second-order valence-electron chi connectivity index (χ2n) is 7.95. The van der Waals surface area contributed by atoms with E-state index in [1.165, 1.54) is 4.90 Å². The predicted octanol–water partition coefficient (Wildman–Crippen LogP) is 0.318. The number of benzene rings is 2. The summed E-state index contributed by atoms with van der Waals surface area (Å²) in [5.41, 5.74) is 2.04. The number of quaternary nitrogens is 1. The van der Waals surface area contributed by atoms with Gasteiger partial charge in [-0.2, -0.15) is 0 Å². The lowest BCUT2D eigenvalue weighted by atomic mass is 10.1. The molecule has 2 fully saturated rings. The Labute approximate surface area is 183 Å². The van der Waals surface area contributed by atoms with Crippen LogP contribution >= 0.6 is 0 Å². The van der Waals surface area contributed by atoms with Gasteiger partial charge in [0.25, 0.3) is 11.8 Å². The molecule has 7 heteroatoms. The molecule has 2 aliphatic heterocycles. The normalized spacial score (nSPS) is 17.4. The zero-order valence-electron chi connectivity index (χ0n) is 17.8. The van der Waals surface area contributed by atoms with E-state index in [9.17, 15) is 9.59 Å². The molecule has 0 atom stereocenters. The van der Waals surface area contributed by atoms with Gasteiger partial charge >= 0.3 is 0 Å². The molecule has 0 radical (unpaired) electrons. The SMILES string of the molecule is O=C(COc1ccccc1-c1ccccc1)N1CC[NH+](CC(=O)N2CCOCC2)CC1. The van der Waals surface area contributed by atoms with E-state index in [4.69, 9.17) is 9.47 Å². The van der Waals surface area contributed by atoms with Crippen LogP contribution in [0.5, 0.6) is 5.75 Å². The number of carbonyl (C=O) groups excluding carboxylic acids is 2. The molecule has 2 amide bonds. The summed E-state index contributed by atoms with van der Waals surface area (Å²) in [6, 6.07) is 17.8. The number of morpholine rings is 1. The highest BCUT2D eigenvalue weighted by molar-refractivity contribution is 5.79. The van der Waals surface area contributed by atoms with E-state index < -0.39 is 0 Å². The highest BCUT2D eigenvalue weighted by atomic mass is 16.5. The van der Waals surface area contributed by atoms with Gasteiger partial charge in [-0.1, -0.05) is 48.5 Å². The molecule has 0 bridgehead atoms. The topological polar surface area (TPSA) is 63.5 Å². The maximum absolute atomic E-state index is 12.7. The van der Waals surface area contributed by atoms with Gasteiger partial charge in [-0.3, -0.25) is 9.59 Å². The van der Waals surface area contributed by atoms with E-state index in [0.717, 1.165) is 24.2 Å². The number of hydrogen-bond donors (Lipinski definition) is 1. The molecule has 2 aliphatic rings. The van der Waals surface area contributed by atoms with Crippen LogP contribution in [0.4, 0.5) is 0 Å². The standard InChI is InChI=1S/C24H29N3O4/c28-23(27-14-16-30-17-15-27)18-25-10-12-26(13-11-25)24(29)19-31-22-9-5-4-8-21(22)20-6-2-1-3-7-20/h1-9H,10-19H2/p+1. The van der Waals surface area contributed by atoms with Gasteiger partial charge in [0, 0.05) is 18.7 Å². The summed E-state index contributed by atoms with van der Waals surface area (Å²) in [7, 11) is 0. The number of carbonyl (C=O) groups is 2. The van der Waals surface area contributed by atoms with Gasteiger partial charge in [0.15, 0.2) is 13.2 Å². The van der Waals surface area contributed by atoms with Crippen LogP contribution in [0.1, 0.15) is 0 Å². The summed E-state index contributed by atoms with van der Waals surface area (Å²) in [5, 5.41) is 0.